The molecule has 1 aromatic carbocycles. The number of halogens is 3. The maximum atomic E-state index is 13.7. The molecule has 1 atom stereocenters. The fourth-order valence-electron chi connectivity index (χ4n) is 1.80. The molecule has 22 heavy (non-hydrogen) atoms. The molecule has 0 aliphatic carbocycles. The lowest BCUT2D eigenvalue weighted by Gasteiger charge is -2.14. The van der Waals surface area contributed by atoms with Crippen molar-refractivity contribution < 1.29 is 27.6 Å². The van der Waals surface area contributed by atoms with Crippen molar-refractivity contribution in [2.75, 3.05) is 0 Å². The Bertz CT molecular complexity index is 718. The van der Waals surface area contributed by atoms with Crippen LogP contribution in [0.15, 0.2) is 10.6 Å². The van der Waals surface area contributed by atoms with Crippen LogP contribution in [0.3, 0.4) is 0 Å². The van der Waals surface area contributed by atoms with Crippen LogP contribution in [-0.4, -0.2) is 21.2 Å². The van der Waals surface area contributed by atoms with Gasteiger partial charge < -0.3 is 14.9 Å². The van der Waals surface area contributed by atoms with E-state index in [1.165, 1.54) is 0 Å². The number of aromatic hydroxyl groups is 1. The molecule has 2 N–H and O–H groups in total. The zero-order chi connectivity index (χ0) is 16.4. The Kier molecular flexibility index (Phi) is 4.34. The SMILES string of the molecule is CCC(NC(=O)c1cc(F)c(F)c(O)c1F)c1noc(C)n1. The second-order valence-electron chi connectivity index (χ2n) is 4.49. The van der Waals surface area contributed by atoms with Crippen LogP contribution in [0.25, 0.3) is 0 Å². The predicted molar refractivity (Wildman–Crippen MR) is 67.5 cm³/mol. The number of phenolic OH excluding ortho intramolecular Hbond substituents is 1. The van der Waals surface area contributed by atoms with Gasteiger partial charge in [-0.15, -0.1) is 0 Å². The molecular formula is C13H12F3N3O3. The van der Waals surface area contributed by atoms with Crippen molar-refractivity contribution in [3.05, 3.63) is 40.8 Å². The number of aryl methyl sites for hydroxylation is 1. The third-order valence-corrected chi connectivity index (χ3v) is 2.95. The lowest BCUT2D eigenvalue weighted by molar-refractivity contribution is 0.0927. The predicted octanol–water partition coefficient (Wildman–Crippen LogP) is 2.38. The minimum atomic E-state index is -1.75. The van der Waals surface area contributed by atoms with Crippen LogP contribution in [0.2, 0.25) is 0 Å². The fourth-order valence-corrected chi connectivity index (χ4v) is 1.80. The van der Waals surface area contributed by atoms with E-state index in [0.29, 0.717) is 12.5 Å². The van der Waals surface area contributed by atoms with Crippen LogP contribution >= 0.6 is 0 Å². The Balaban J connectivity index is 2.29. The number of hydrogen-bond acceptors (Lipinski definition) is 5. The minimum absolute atomic E-state index is 0.167. The molecule has 0 bridgehead atoms. The van der Waals surface area contributed by atoms with Crippen molar-refractivity contribution in [2.24, 2.45) is 0 Å². The van der Waals surface area contributed by atoms with Gasteiger partial charge in [-0.3, -0.25) is 4.79 Å². The highest BCUT2D eigenvalue weighted by atomic mass is 19.2. The van der Waals surface area contributed by atoms with Crippen molar-refractivity contribution in [1.82, 2.24) is 15.5 Å². The summed E-state index contributed by atoms with van der Waals surface area (Å²) in [6, 6.07) is -0.340. The van der Waals surface area contributed by atoms with Crippen LogP contribution in [0.1, 0.15) is 41.5 Å². The molecule has 6 nitrogen and oxygen atoms in total. The highest BCUT2D eigenvalue weighted by Gasteiger charge is 2.25. The zero-order valence-electron chi connectivity index (χ0n) is 11.7. The van der Waals surface area contributed by atoms with Crippen LogP contribution < -0.4 is 5.32 Å². The first-order valence-corrected chi connectivity index (χ1v) is 6.32. The Morgan fingerprint density at radius 3 is 2.64 bits per heavy atom. The van der Waals surface area contributed by atoms with Crippen molar-refractivity contribution in [3.63, 3.8) is 0 Å². The maximum Gasteiger partial charge on any atom is 0.255 e. The molecule has 118 valence electrons. The standard InChI is InChI=1S/C13H12F3N3O3/c1-3-8(12-17-5(2)22-19-12)18-13(21)6-4-7(14)10(16)11(20)9(6)15/h4,8,20H,3H2,1-2H3,(H,18,21). The summed E-state index contributed by atoms with van der Waals surface area (Å²) in [5.74, 6) is -6.98. The first kappa shape index (κ1) is 15.8. The van der Waals surface area contributed by atoms with Crippen LogP contribution in [-0.2, 0) is 0 Å². The molecule has 0 saturated carbocycles. The van der Waals surface area contributed by atoms with E-state index in [0.717, 1.165) is 0 Å². The van der Waals surface area contributed by atoms with Crippen molar-refractivity contribution in [2.45, 2.75) is 26.3 Å². The summed E-state index contributed by atoms with van der Waals surface area (Å²) in [7, 11) is 0. The number of carbonyl (C=O) groups excluding carboxylic acids is 1. The van der Waals surface area contributed by atoms with E-state index in [1.54, 1.807) is 13.8 Å². The van der Waals surface area contributed by atoms with E-state index in [9.17, 15) is 18.0 Å². The van der Waals surface area contributed by atoms with E-state index in [-0.39, 0.29) is 11.7 Å². The number of hydrogen-bond donors (Lipinski definition) is 2. The molecule has 0 aliphatic rings. The summed E-state index contributed by atoms with van der Waals surface area (Å²) in [6.07, 6.45) is 0.349. The lowest BCUT2D eigenvalue weighted by Crippen LogP contribution is -2.29. The number of amides is 1. The Morgan fingerprint density at radius 2 is 2.09 bits per heavy atom. The molecule has 1 heterocycles. The van der Waals surface area contributed by atoms with Gasteiger partial charge in [-0.05, 0) is 12.5 Å². The normalized spacial score (nSPS) is 12.2. The monoisotopic (exact) mass is 315 g/mol. The van der Waals surface area contributed by atoms with Crippen LogP contribution in [0.5, 0.6) is 5.75 Å². The molecule has 0 spiro atoms. The highest BCUT2D eigenvalue weighted by molar-refractivity contribution is 5.95. The van der Waals surface area contributed by atoms with Crippen molar-refractivity contribution in [3.8, 4) is 5.75 Å². The molecule has 1 amide bonds. The summed E-state index contributed by atoms with van der Waals surface area (Å²) in [5.41, 5.74) is -0.824. The second kappa shape index (κ2) is 6.04. The third kappa shape index (κ3) is 2.87. The first-order valence-electron chi connectivity index (χ1n) is 6.32. The number of carbonyl (C=O) groups is 1. The Morgan fingerprint density at radius 1 is 1.41 bits per heavy atom. The van der Waals surface area contributed by atoms with E-state index in [4.69, 9.17) is 9.63 Å². The van der Waals surface area contributed by atoms with E-state index in [2.05, 4.69) is 15.5 Å². The van der Waals surface area contributed by atoms with Gasteiger partial charge in [0.25, 0.3) is 5.91 Å². The van der Waals surface area contributed by atoms with Crippen molar-refractivity contribution in [1.29, 1.82) is 0 Å². The topological polar surface area (TPSA) is 88.2 Å². The van der Waals surface area contributed by atoms with Gasteiger partial charge >= 0.3 is 0 Å². The Labute approximate surface area is 123 Å². The number of rotatable bonds is 4. The smallest absolute Gasteiger partial charge is 0.255 e. The first-order chi connectivity index (χ1) is 10.3. The maximum absolute atomic E-state index is 13.7. The van der Waals surface area contributed by atoms with E-state index < -0.39 is 40.7 Å². The van der Waals surface area contributed by atoms with Gasteiger partial charge in [0.05, 0.1) is 11.6 Å². The molecule has 0 fully saturated rings. The van der Waals surface area contributed by atoms with Gasteiger partial charge in [0.15, 0.2) is 23.2 Å². The molecular weight excluding hydrogens is 303 g/mol. The van der Waals surface area contributed by atoms with Gasteiger partial charge in [-0.25, -0.2) is 8.78 Å². The van der Waals surface area contributed by atoms with Crippen LogP contribution in [0, 0.1) is 24.4 Å². The zero-order valence-corrected chi connectivity index (χ0v) is 11.7. The summed E-state index contributed by atoms with van der Waals surface area (Å²) < 4.78 is 44.7. The number of nitrogens with one attached hydrogen (secondary N) is 1. The molecule has 1 aromatic heterocycles. The average molecular weight is 315 g/mol. The fraction of sp³-hybridized carbons (Fsp3) is 0.308. The number of nitrogens with zero attached hydrogens (tertiary/aromatic N) is 2. The average Bonchev–Trinajstić information content (AvgIpc) is 2.92. The molecule has 0 aliphatic heterocycles. The van der Waals surface area contributed by atoms with Gasteiger partial charge in [0.1, 0.15) is 0 Å². The third-order valence-electron chi connectivity index (χ3n) is 2.95. The minimum Gasteiger partial charge on any atom is -0.503 e. The second-order valence-corrected chi connectivity index (χ2v) is 4.49. The molecule has 0 saturated heterocycles. The number of benzene rings is 1. The summed E-state index contributed by atoms with van der Waals surface area (Å²) >= 11 is 0. The van der Waals surface area contributed by atoms with Gasteiger partial charge in [-0.1, -0.05) is 12.1 Å². The number of phenols is 1. The van der Waals surface area contributed by atoms with Crippen molar-refractivity contribution >= 4 is 5.91 Å². The quantitative estimate of drug-likeness (QED) is 0.846. The largest absolute Gasteiger partial charge is 0.503 e. The molecule has 9 heteroatoms. The summed E-state index contributed by atoms with van der Waals surface area (Å²) in [4.78, 5) is 15.9. The van der Waals surface area contributed by atoms with E-state index >= 15 is 0 Å². The van der Waals surface area contributed by atoms with Gasteiger partial charge in [0, 0.05) is 6.92 Å². The van der Waals surface area contributed by atoms with Gasteiger partial charge in [-0.2, -0.15) is 9.37 Å². The van der Waals surface area contributed by atoms with E-state index in [1.807, 2.05) is 0 Å². The molecule has 1 unspecified atom stereocenters. The number of aromatic nitrogens is 2. The summed E-state index contributed by atoms with van der Waals surface area (Å²) in [6.45, 7) is 3.26. The summed E-state index contributed by atoms with van der Waals surface area (Å²) in [5, 5.41) is 15.1. The molecule has 0 radical (unpaired) electrons. The lowest BCUT2D eigenvalue weighted by atomic mass is 10.1. The van der Waals surface area contributed by atoms with Gasteiger partial charge in [0.2, 0.25) is 11.7 Å². The highest BCUT2D eigenvalue weighted by Crippen LogP contribution is 2.26. The Hall–Kier alpha value is -2.58. The molecule has 2 aromatic rings. The van der Waals surface area contributed by atoms with Crippen LogP contribution in [0.4, 0.5) is 13.2 Å². The molecule has 2 rings (SSSR count).